The van der Waals surface area contributed by atoms with Crippen LogP contribution in [0.5, 0.6) is 0 Å². The van der Waals surface area contributed by atoms with Gasteiger partial charge in [0.25, 0.3) is 0 Å². The van der Waals surface area contributed by atoms with Crippen LogP contribution in [-0.2, 0) is 0 Å². The van der Waals surface area contributed by atoms with E-state index in [4.69, 9.17) is 22.2 Å². The monoisotopic (exact) mass is 402 g/mol. The number of hydrogen-bond donors (Lipinski definition) is 0. The van der Waals surface area contributed by atoms with Gasteiger partial charge in [-0.25, -0.2) is 0 Å². The first-order valence-electron chi connectivity index (χ1n) is 6.00. The highest BCUT2D eigenvalue weighted by atomic mass is 35.7. The van der Waals surface area contributed by atoms with Crippen LogP contribution < -0.4 is 0 Å². The molecule has 0 aliphatic heterocycles. The van der Waals surface area contributed by atoms with Crippen molar-refractivity contribution in [2.24, 2.45) is 11.8 Å². The molecule has 0 saturated carbocycles. The fourth-order valence-corrected chi connectivity index (χ4v) is 4.24. The fourth-order valence-electron chi connectivity index (χ4n) is 1.86. The molecule has 0 radical (unpaired) electrons. The number of hydrogen-bond acceptors (Lipinski definition) is 0. The van der Waals surface area contributed by atoms with Crippen LogP contribution in [0, 0.1) is 11.8 Å². The minimum atomic E-state index is -5.16. The van der Waals surface area contributed by atoms with Crippen molar-refractivity contribution >= 4 is 28.9 Å². The zero-order chi connectivity index (χ0) is 18.0. The molecule has 0 spiro atoms. The van der Waals surface area contributed by atoms with Crippen molar-refractivity contribution < 1.29 is 39.5 Å². The molecule has 0 rings (SSSR count). The maximum Gasteiger partial charge on any atom is 0.391 e. The van der Waals surface area contributed by atoms with Crippen molar-refractivity contribution in [1.29, 1.82) is 0 Å². The summed E-state index contributed by atoms with van der Waals surface area (Å²) in [7, 11) is 0. The SMILES string of the molecule is C[Si](Cl)(Cl)CC(CC(CCC(F)(F)F)C(F)(F)F)C(F)(F)F. The Bertz CT molecular complexity index is 342. The Morgan fingerprint density at radius 3 is 1.50 bits per heavy atom. The lowest BCUT2D eigenvalue weighted by atomic mass is 9.90. The van der Waals surface area contributed by atoms with Crippen LogP contribution in [0.1, 0.15) is 19.3 Å². The Balaban J connectivity index is 5.13. The van der Waals surface area contributed by atoms with Gasteiger partial charge in [0.2, 0.25) is 6.69 Å². The molecular formula is C10H13Cl2F9Si. The van der Waals surface area contributed by atoms with E-state index in [0.29, 0.717) is 0 Å². The van der Waals surface area contributed by atoms with E-state index in [9.17, 15) is 39.5 Å². The number of rotatable bonds is 6. The molecule has 0 aromatic rings. The second kappa shape index (κ2) is 7.37. The normalized spacial score (nSPS) is 17.5. The van der Waals surface area contributed by atoms with Crippen molar-refractivity contribution in [1.82, 2.24) is 0 Å². The van der Waals surface area contributed by atoms with Crippen LogP contribution in [0.25, 0.3) is 0 Å². The summed E-state index contributed by atoms with van der Waals surface area (Å²) >= 11 is 11.0. The molecule has 0 amide bonds. The van der Waals surface area contributed by atoms with Gasteiger partial charge in [0.15, 0.2) is 0 Å². The third-order valence-electron chi connectivity index (χ3n) is 2.88. The van der Waals surface area contributed by atoms with Gasteiger partial charge >= 0.3 is 18.5 Å². The summed E-state index contributed by atoms with van der Waals surface area (Å²) in [6.45, 7) is -2.28. The minimum Gasteiger partial charge on any atom is -0.171 e. The van der Waals surface area contributed by atoms with Gasteiger partial charge in [0.1, 0.15) is 0 Å². The Kier molecular flexibility index (Phi) is 7.43. The molecular weight excluding hydrogens is 390 g/mol. The molecule has 0 nitrogen and oxygen atoms in total. The molecule has 0 aliphatic rings. The molecule has 0 N–H and O–H groups in total. The molecule has 0 saturated heterocycles. The molecule has 2 unspecified atom stereocenters. The van der Waals surface area contributed by atoms with E-state index in [-0.39, 0.29) is 0 Å². The van der Waals surface area contributed by atoms with Gasteiger partial charge in [-0.2, -0.15) is 39.5 Å². The van der Waals surface area contributed by atoms with E-state index >= 15 is 0 Å². The lowest BCUT2D eigenvalue weighted by Crippen LogP contribution is -2.35. The summed E-state index contributed by atoms with van der Waals surface area (Å²) in [5.74, 6) is -5.20. The second-order valence-electron chi connectivity index (χ2n) is 5.14. The predicted octanol–water partition coefficient (Wildman–Crippen LogP) is 6.63. The highest BCUT2D eigenvalue weighted by Crippen LogP contribution is 2.44. The quantitative estimate of drug-likeness (QED) is 0.266. The first-order valence-corrected chi connectivity index (χ1v) is 10.7. The topological polar surface area (TPSA) is 0 Å². The molecule has 0 bridgehead atoms. The van der Waals surface area contributed by atoms with Gasteiger partial charge in [-0.05, 0) is 25.4 Å². The number of alkyl halides is 9. The van der Waals surface area contributed by atoms with Gasteiger partial charge in [-0.3, -0.25) is 0 Å². The maximum absolute atomic E-state index is 12.8. The summed E-state index contributed by atoms with van der Waals surface area (Å²) in [6.07, 6.45) is -19.8. The standard InChI is InChI=1S/C10H13Cl2F9Si/c1-22(11,12)5-7(10(19,20)21)4-6(9(16,17)18)2-3-8(13,14)15/h6-7H,2-5H2,1H3. The van der Waals surface area contributed by atoms with E-state index in [1.165, 1.54) is 0 Å². The highest BCUT2D eigenvalue weighted by molar-refractivity contribution is 7.44. The maximum atomic E-state index is 12.8. The van der Waals surface area contributed by atoms with Crippen LogP contribution in [-0.4, -0.2) is 25.2 Å². The highest BCUT2D eigenvalue weighted by Gasteiger charge is 2.50. The molecule has 22 heavy (non-hydrogen) atoms. The van der Waals surface area contributed by atoms with Crippen LogP contribution in [0.15, 0.2) is 0 Å². The zero-order valence-electron chi connectivity index (χ0n) is 11.1. The van der Waals surface area contributed by atoms with E-state index in [1.54, 1.807) is 0 Å². The van der Waals surface area contributed by atoms with Crippen molar-refractivity contribution in [2.75, 3.05) is 0 Å². The average Bonchev–Trinajstić information content (AvgIpc) is 2.15. The van der Waals surface area contributed by atoms with E-state index in [0.717, 1.165) is 6.55 Å². The molecule has 0 fully saturated rings. The van der Waals surface area contributed by atoms with E-state index in [1.807, 2.05) is 0 Å². The van der Waals surface area contributed by atoms with Gasteiger partial charge in [-0.15, -0.1) is 22.2 Å². The first-order chi connectivity index (χ1) is 9.42. The molecule has 0 aromatic carbocycles. The zero-order valence-corrected chi connectivity index (χ0v) is 13.7. The van der Waals surface area contributed by atoms with Crippen molar-refractivity contribution in [3.8, 4) is 0 Å². The van der Waals surface area contributed by atoms with E-state index < -0.39 is 62.4 Å². The molecule has 0 heterocycles. The lowest BCUT2D eigenvalue weighted by Gasteiger charge is -2.29. The van der Waals surface area contributed by atoms with Crippen molar-refractivity contribution in [2.45, 2.75) is 50.4 Å². The van der Waals surface area contributed by atoms with Crippen molar-refractivity contribution in [3.63, 3.8) is 0 Å². The summed E-state index contributed by atoms with van der Waals surface area (Å²) in [6, 6.07) is -0.905. The number of halogens is 11. The van der Waals surface area contributed by atoms with Crippen LogP contribution >= 0.6 is 22.2 Å². The third-order valence-corrected chi connectivity index (χ3v) is 5.01. The summed E-state index contributed by atoms with van der Waals surface area (Å²) in [4.78, 5) is 0. The van der Waals surface area contributed by atoms with Crippen LogP contribution in [0.4, 0.5) is 39.5 Å². The Hall–Kier alpha value is 0.167. The summed E-state index contributed by atoms with van der Waals surface area (Å²) in [5, 5.41) is 0. The van der Waals surface area contributed by atoms with Crippen LogP contribution in [0.2, 0.25) is 12.6 Å². The Morgan fingerprint density at radius 1 is 0.818 bits per heavy atom. The lowest BCUT2D eigenvalue weighted by molar-refractivity contribution is -0.214. The van der Waals surface area contributed by atoms with Gasteiger partial charge in [0.05, 0.1) is 11.8 Å². The summed E-state index contributed by atoms with van der Waals surface area (Å²) < 4.78 is 112. The van der Waals surface area contributed by atoms with Gasteiger partial charge in [0, 0.05) is 6.42 Å². The van der Waals surface area contributed by atoms with Crippen molar-refractivity contribution in [3.05, 3.63) is 0 Å². The minimum absolute atomic E-state index is 0.905. The van der Waals surface area contributed by atoms with E-state index in [2.05, 4.69) is 0 Å². The average molecular weight is 403 g/mol. The van der Waals surface area contributed by atoms with Gasteiger partial charge in [-0.1, -0.05) is 0 Å². The molecule has 2 atom stereocenters. The molecule has 0 aliphatic carbocycles. The van der Waals surface area contributed by atoms with Crippen LogP contribution in [0.3, 0.4) is 0 Å². The Labute approximate surface area is 131 Å². The first kappa shape index (κ1) is 22.2. The smallest absolute Gasteiger partial charge is 0.171 e. The largest absolute Gasteiger partial charge is 0.391 e. The fraction of sp³-hybridized carbons (Fsp3) is 1.00. The molecule has 0 aromatic heterocycles. The predicted molar refractivity (Wildman–Crippen MR) is 67.1 cm³/mol. The second-order valence-corrected chi connectivity index (χ2v) is 13.3. The Morgan fingerprint density at radius 2 is 1.23 bits per heavy atom. The molecule has 134 valence electrons. The van der Waals surface area contributed by atoms with Gasteiger partial charge < -0.3 is 0 Å². The molecule has 12 heteroatoms. The third kappa shape index (κ3) is 10.0. The summed E-state index contributed by atoms with van der Waals surface area (Å²) in [5.41, 5.74) is 0.